The quantitative estimate of drug-likeness (QED) is 0.464. The highest BCUT2D eigenvalue weighted by Crippen LogP contribution is 2.30. The Kier molecular flexibility index (Phi) is 8.13. The van der Waals surface area contributed by atoms with Crippen LogP contribution < -0.4 is 9.64 Å². The number of halogens is 3. The summed E-state index contributed by atoms with van der Waals surface area (Å²) in [5, 5.41) is 0. The number of amides is 1. The Morgan fingerprint density at radius 2 is 1.72 bits per heavy atom. The molecule has 2 aliphatic heterocycles. The van der Waals surface area contributed by atoms with E-state index in [0.717, 1.165) is 43.1 Å². The summed E-state index contributed by atoms with van der Waals surface area (Å²) in [6, 6.07) is 12.6. The smallest absolute Gasteiger partial charge is 0.416 e. The molecule has 196 valence electrons. The number of piperazine rings is 1. The molecule has 2 aromatic carbocycles. The second kappa shape index (κ2) is 11.1. The van der Waals surface area contributed by atoms with Crippen LogP contribution in [-0.2, 0) is 6.18 Å². The Morgan fingerprint density at radius 1 is 1.00 bits per heavy atom. The number of nitrogens with zero attached hydrogens (tertiary/aromatic N) is 3. The zero-order valence-electron chi connectivity index (χ0n) is 21.2. The molecule has 0 radical (unpaired) electrons. The molecule has 36 heavy (non-hydrogen) atoms. The van der Waals surface area contributed by atoms with Crippen LogP contribution in [0.5, 0.6) is 5.75 Å². The van der Waals surface area contributed by atoms with E-state index in [2.05, 4.69) is 23.6 Å². The van der Waals surface area contributed by atoms with Crippen LogP contribution >= 0.6 is 0 Å². The largest absolute Gasteiger partial charge is 0.494 e. The van der Waals surface area contributed by atoms with Crippen molar-refractivity contribution in [2.24, 2.45) is 5.41 Å². The maximum atomic E-state index is 13.0. The summed E-state index contributed by atoms with van der Waals surface area (Å²) in [7, 11) is 0. The Labute approximate surface area is 211 Å². The SMILES string of the molecule is CC1(C)CCCN(CCCOc2ccc(N3CCN(C(=O)c4cccc(C(F)(F)F)c4)CC3)cc2)C1. The first-order chi connectivity index (χ1) is 17.1. The fraction of sp³-hybridized carbons (Fsp3) is 0.536. The predicted molar refractivity (Wildman–Crippen MR) is 136 cm³/mol. The maximum absolute atomic E-state index is 13.0. The number of alkyl halides is 3. The minimum atomic E-state index is -4.46. The van der Waals surface area contributed by atoms with Crippen molar-refractivity contribution in [2.75, 3.05) is 57.3 Å². The third-order valence-corrected chi connectivity index (χ3v) is 7.07. The fourth-order valence-corrected chi connectivity index (χ4v) is 5.15. The summed E-state index contributed by atoms with van der Waals surface area (Å²) in [4.78, 5) is 19.1. The number of anilines is 1. The summed E-state index contributed by atoms with van der Waals surface area (Å²) < 4.78 is 44.9. The maximum Gasteiger partial charge on any atom is 0.416 e. The molecule has 0 aromatic heterocycles. The van der Waals surface area contributed by atoms with Crippen LogP contribution in [-0.4, -0.2) is 68.1 Å². The number of benzene rings is 2. The lowest BCUT2D eigenvalue weighted by molar-refractivity contribution is -0.137. The van der Waals surface area contributed by atoms with Gasteiger partial charge < -0.3 is 19.4 Å². The van der Waals surface area contributed by atoms with Crippen LogP contribution in [0.15, 0.2) is 48.5 Å². The predicted octanol–water partition coefficient (Wildman–Crippen LogP) is 5.56. The van der Waals surface area contributed by atoms with Gasteiger partial charge in [-0.1, -0.05) is 19.9 Å². The second-order valence-corrected chi connectivity index (χ2v) is 10.6. The van der Waals surface area contributed by atoms with Crippen molar-refractivity contribution in [2.45, 2.75) is 39.3 Å². The Balaban J connectivity index is 1.21. The van der Waals surface area contributed by atoms with Crippen molar-refractivity contribution >= 4 is 11.6 Å². The Hall–Kier alpha value is -2.74. The van der Waals surface area contributed by atoms with Gasteiger partial charge in [0.15, 0.2) is 0 Å². The molecule has 0 bridgehead atoms. The summed E-state index contributed by atoms with van der Waals surface area (Å²) >= 11 is 0. The minimum absolute atomic E-state index is 0.0729. The molecule has 2 aromatic rings. The monoisotopic (exact) mass is 503 g/mol. The van der Waals surface area contributed by atoms with Crippen molar-refractivity contribution in [1.82, 2.24) is 9.80 Å². The molecule has 0 aliphatic carbocycles. The lowest BCUT2D eigenvalue weighted by Crippen LogP contribution is -2.48. The van der Waals surface area contributed by atoms with Gasteiger partial charge in [-0.25, -0.2) is 0 Å². The van der Waals surface area contributed by atoms with E-state index in [0.29, 0.717) is 38.2 Å². The van der Waals surface area contributed by atoms with Crippen LogP contribution in [0.3, 0.4) is 0 Å². The van der Waals surface area contributed by atoms with E-state index < -0.39 is 11.7 Å². The highest BCUT2D eigenvalue weighted by molar-refractivity contribution is 5.94. The average Bonchev–Trinajstić information content (AvgIpc) is 2.86. The van der Waals surface area contributed by atoms with Crippen LogP contribution in [0.25, 0.3) is 0 Å². The zero-order valence-corrected chi connectivity index (χ0v) is 21.2. The standard InChI is InChI=1S/C28H36F3N3O2/c1-27(2)12-4-13-32(21-27)14-5-19-36-25-10-8-24(9-11-25)33-15-17-34(18-16-33)26(35)22-6-3-7-23(20-22)28(29,30)31/h3,6-11,20H,4-5,12-19,21H2,1-2H3. The van der Waals surface area contributed by atoms with Crippen molar-refractivity contribution in [3.63, 3.8) is 0 Å². The van der Waals surface area contributed by atoms with Crippen LogP contribution in [0, 0.1) is 5.41 Å². The third kappa shape index (κ3) is 6.93. The second-order valence-electron chi connectivity index (χ2n) is 10.6. The molecular formula is C28H36F3N3O2. The molecule has 0 spiro atoms. The lowest BCUT2D eigenvalue weighted by Gasteiger charge is -2.38. The van der Waals surface area contributed by atoms with Gasteiger partial charge >= 0.3 is 6.18 Å². The molecular weight excluding hydrogens is 467 g/mol. The van der Waals surface area contributed by atoms with Gasteiger partial charge in [0.05, 0.1) is 12.2 Å². The number of carbonyl (C=O) groups is 1. The molecule has 2 aliphatic rings. The summed E-state index contributed by atoms with van der Waals surface area (Å²) in [6.45, 7) is 10.9. The summed E-state index contributed by atoms with van der Waals surface area (Å²) in [5.41, 5.74) is 0.726. The molecule has 2 saturated heterocycles. The normalized spacial score (nSPS) is 18.8. The first-order valence-electron chi connectivity index (χ1n) is 12.8. The molecule has 0 saturated carbocycles. The van der Waals surface area contributed by atoms with E-state index >= 15 is 0 Å². The summed E-state index contributed by atoms with van der Waals surface area (Å²) in [5.74, 6) is 0.480. The van der Waals surface area contributed by atoms with Gasteiger partial charge in [-0.05, 0) is 73.7 Å². The number of hydrogen-bond acceptors (Lipinski definition) is 4. The van der Waals surface area contributed by atoms with E-state index in [1.54, 1.807) is 4.90 Å². The average molecular weight is 504 g/mol. The topological polar surface area (TPSA) is 36.0 Å². The zero-order chi connectivity index (χ0) is 25.8. The van der Waals surface area contributed by atoms with Gasteiger partial charge in [0, 0.05) is 50.5 Å². The van der Waals surface area contributed by atoms with Crippen LogP contribution in [0.2, 0.25) is 0 Å². The molecule has 2 fully saturated rings. The Bertz CT molecular complexity index is 1020. The summed E-state index contributed by atoms with van der Waals surface area (Å²) in [6.07, 6.45) is -0.897. The fourth-order valence-electron chi connectivity index (χ4n) is 5.15. The van der Waals surface area contributed by atoms with E-state index in [1.807, 2.05) is 24.3 Å². The van der Waals surface area contributed by atoms with Crippen molar-refractivity contribution in [3.05, 3.63) is 59.7 Å². The van der Waals surface area contributed by atoms with Gasteiger partial charge in [-0.15, -0.1) is 0 Å². The number of hydrogen-bond donors (Lipinski definition) is 0. The molecule has 8 heteroatoms. The molecule has 0 atom stereocenters. The number of likely N-dealkylation sites (tertiary alicyclic amines) is 1. The number of ether oxygens (including phenoxy) is 1. The minimum Gasteiger partial charge on any atom is -0.494 e. The van der Waals surface area contributed by atoms with E-state index in [-0.39, 0.29) is 11.5 Å². The Morgan fingerprint density at radius 3 is 2.39 bits per heavy atom. The van der Waals surface area contributed by atoms with Crippen molar-refractivity contribution in [3.8, 4) is 5.75 Å². The van der Waals surface area contributed by atoms with E-state index in [4.69, 9.17) is 4.74 Å². The highest BCUT2D eigenvalue weighted by Gasteiger charge is 2.32. The van der Waals surface area contributed by atoms with Crippen LogP contribution in [0.1, 0.15) is 49.0 Å². The highest BCUT2D eigenvalue weighted by atomic mass is 19.4. The molecule has 0 unspecified atom stereocenters. The third-order valence-electron chi connectivity index (χ3n) is 7.07. The first kappa shape index (κ1) is 26.3. The molecule has 1 amide bonds. The number of rotatable bonds is 7. The van der Waals surface area contributed by atoms with Gasteiger partial charge in [0.1, 0.15) is 5.75 Å². The first-order valence-corrected chi connectivity index (χ1v) is 12.8. The van der Waals surface area contributed by atoms with E-state index in [1.165, 1.54) is 31.5 Å². The van der Waals surface area contributed by atoms with Gasteiger partial charge in [-0.3, -0.25) is 4.79 Å². The van der Waals surface area contributed by atoms with Gasteiger partial charge in [-0.2, -0.15) is 13.2 Å². The van der Waals surface area contributed by atoms with Gasteiger partial charge in [0.25, 0.3) is 5.91 Å². The van der Waals surface area contributed by atoms with Crippen molar-refractivity contribution < 1.29 is 22.7 Å². The lowest BCUT2D eigenvalue weighted by atomic mass is 9.84. The number of piperidine rings is 1. The molecule has 5 nitrogen and oxygen atoms in total. The van der Waals surface area contributed by atoms with Crippen LogP contribution in [0.4, 0.5) is 18.9 Å². The van der Waals surface area contributed by atoms with Gasteiger partial charge in [0.2, 0.25) is 0 Å². The molecule has 4 rings (SSSR count). The van der Waals surface area contributed by atoms with Crippen molar-refractivity contribution in [1.29, 1.82) is 0 Å². The molecule has 0 N–H and O–H groups in total. The van der Waals surface area contributed by atoms with E-state index in [9.17, 15) is 18.0 Å². The number of carbonyl (C=O) groups excluding carboxylic acids is 1. The molecule has 2 heterocycles.